The highest BCUT2D eigenvalue weighted by Gasteiger charge is 2.10. The van der Waals surface area contributed by atoms with Crippen LogP contribution in [-0.2, 0) is 6.54 Å². The van der Waals surface area contributed by atoms with Crippen molar-refractivity contribution in [2.75, 3.05) is 0 Å². The van der Waals surface area contributed by atoms with Crippen molar-refractivity contribution in [3.63, 3.8) is 0 Å². The summed E-state index contributed by atoms with van der Waals surface area (Å²) in [4.78, 5) is 0. The summed E-state index contributed by atoms with van der Waals surface area (Å²) in [7, 11) is 0. The first kappa shape index (κ1) is 13.4. The van der Waals surface area contributed by atoms with Crippen LogP contribution in [0.25, 0.3) is 0 Å². The van der Waals surface area contributed by atoms with E-state index in [4.69, 9.17) is 23.2 Å². The lowest BCUT2D eigenvalue weighted by Crippen LogP contribution is -2.01. The number of hydrogen-bond donors (Lipinski definition) is 1. The monoisotopic (exact) mass is 284 g/mol. The third-order valence-corrected chi connectivity index (χ3v) is 3.51. The molecule has 2 aromatic rings. The van der Waals surface area contributed by atoms with Gasteiger partial charge in [-0.3, -0.25) is 4.68 Å². The van der Waals surface area contributed by atoms with Crippen molar-refractivity contribution in [1.82, 2.24) is 9.78 Å². The summed E-state index contributed by atoms with van der Waals surface area (Å²) >= 11 is 12.2. The summed E-state index contributed by atoms with van der Waals surface area (Å²) in [5, 5.41) is 15.2. The molecule has 0 aliphatic heterocycles. The van der Waals surface area contributed by atoms with Crippen LogP contribution in [0.1, 0.15) is 30.6 Å². The van der Waals surface area contributed by atoms with E-state index < -0.39 is 6.10 Å². The Kier molecular flexibility index (Phi) is 4.27. The van der Waals surface area contributed by atoms with Gasteiger partial charge >= 0.3 is 0 Å². The molecule has 1 heterocycles. The van der Waals surface area contributed by atoms with Gasteiger partial charge in [0.15, 0.2) is 0 Å². The molecule has 1 unspecified atom stereocenters. The van der Waals surface area contributed by atoms with Crippen molar-refractivity contribution in [2.45, 2.75) is 26.0 Å². The predicted molar refractivity (Wildman–Crippen MR) is 73.0 cm³/mol. The molecule has 1 atom stereocenters. The summed E-state index contributed by atoms with van der Waals surface area (Å²) in [5.74, 6) is 0. The molecule has 0 radical (unpaired) electrons. The highest BCUT2D eigenvalue weighted by atomic mass is 35.5. The van der Waals surface area contributed by atoms with Crippen LogP contribution < -0.4 is 0 Å². The molecule has 1 aromatic heterocycles. The maximum absolute atomic E-state index is 9.71. The number of aliphatic hydroxyl groups is 1. The van der Waals surface area contributed by atoms with Gasteiger partial charge in [-0.05, 0) is 18.6 Å². The van der Waals surface area contributed by atoms with Crippen LogP contribution in [0.5, 0.6) is 0 Å². The van der Waals surface area contributed by atoms with Crippen molar-refractivity contribution in [3.05, 3.63) is 51.8 Å². The van der Waals surface area contributed by atoms with Gasteiger partial charge in [0.2, 0.25) is 0 Å². The van der Waals surface area contributed by atoms with Gasteiger partial charge in [-0.2, -0.15) is 5.10 Å². The number of halogens is 2. The number of rotatable bonds is 4. The van der Waals surface area contributed by atoms with E-state index in [2.05, 4.69) is 5.10 Å². The quantitative estimate of drug-likeness (QED) is 0.930. The van der Waals surface area contributed by atoms with E-state index in [0.29, 0.717) is 23.0 Å². The number of aromatic nitrogens is 2. The fourth-order valence-electron chi connectivity index (χ4n) is 1.72. The van der Waals surface area contributed by atoms with E-state index in [1.807, 2.05) is 19.2 Å². The van der Waals surface area contributed by atoms with E-state index in [9.17, 15) is 5.11 Å². The minimum absolute atomic E-state index is 0.472. The van der Waals surface area contributed by atoms with Gasteiger partial charge in [0.1, 0.15) is 0 Å². The Balaban J connectivity index is 2.21. The second kappa shape index (κ2) is 5.74. The highest BCUT2D eigenvalue weighted by molar-refractivity contribution is 6.35. The Hall–Kier alpha value is -1.03. The van der Waals surface area contributed by atoms with Gasteiger partial charge < -0.3 is 5.11 Å². The first-order valence-electron chi connectivity index (χ1n) is 5.75. The minimum Gasteiger partial charge on any atom is -0.388 e. The third kappa shape index (κ3) is 2.86. The Morgan fingerprint density at radius 3 is 2.61 bits per heavy atom. The average Bonchev–Trinajstić information content (AvgIpc) is 2.81. The highest BCUT2D eigenvalue weighted by Crippen LogP contribution is 2.25. The fraction of sp³-hybridized carbons (Fsp3) is 0.308. The Bertz CT molecular complexity index is 519. The first-order chi connectivity index (χ1) is 8.61. The standard InChI is InChI=1S/C13H14Cl2N2O/c1-2-13(18)9-6-16-17(7-9)8-10-11(14)4-3-5-12(10)15/h3-7,13,18H,2,8H2,1H3. The molecule has 0 amide bonds. The van der Waals surface area contributed by atoms with Crippen LogP contribution in [-0.4, -0.2) is 14.9 Å². The normalized spacial score (nSPS) is 12.7. The number of nitrogens with zero attached hydrogens (tertiary/aromatic N) is 2. The van der Waals surface area contributed by atoms with E-state index >= 15 is 0 Å². The summed E-state index contributed by atoms with van der Waals surface area (Å²) in [6, 6.07) is 5.41. The maximum Gasteiger partial charge on any atom is 0.0817 e. The lowest BCUT2D eigenvalue weighted by molar-refractivity contribution is 0.173. The van der Waals surface area contributed by atoms with E-state index in [1.165, 1.54) is 0 Å². The molecule has 0 saturated heterocycles. The fourth-order valence-corrected chi connectivity index (χ4v) is 2.24. The Morgan fingerprint density at radius 1 is 1.33 bits per heavy atom. The molecule has 0 aliphatic rings. The molecule has 0 fully saturated rings. The zero-order valence-electron chi connectivity index (χ0n) is 9.98. The summed E-state index contributed by atoms with van der Waals surface area (Å²) in [5.41, 5.74) is 1.64. The topological polar surface area (TPSA) is 38.1 Å². The lowest BCUT2D eigenvalue weighted by Gasteiger charge is -2.07. The molecule has 0 spiro atoms. The Labute approximate surface area is 116 Å². The lowest BCUT2D eigenvalue weighted by atomic mass is 10.1. The van der Waals surface area contributed by atoms with Gasteiger partial charge in [0, 0.05) is 27.4 Å². The van der Waals surface area contributed by atoms with Gasteiger partial charge in [0.25, 0.3) is 0 Å². The summed E-state index contributed by atoms with van der Waals surface area (Å²) in [6.07, 6.45) is 3.67. The number of aliphatic hydroxyl groups excluding tert-OH is 1. The van der Waals surface area contributed by atoms with Crippen molar-refractivity contribution in [2.24, 2.45) is 0 Å². The summed E-state index contributed by atoms with van der Waals surface area (Å²) in [6.45, 7) is 2.42. The van der Waals surface area contributed by atoms with Gasteiger partial charge in [-0.25, -0.2) is 0 Å². The Morgan fingerprint density at radius 2 is 2.00 bits per heavy atom. The predicted octanol–water partition coefficient (Wildman–Crippen LogP) is 3.68. The number of benzene rings is 1. The first-order valence-corrected chi connectivity index (χ1v) is 6.50. The minimum atomic E-state index is -0.472. The number of hydrogen-bond acceptors (Lipinski definition) is 2. The van der Waals surface area contributed by atoms with Crippen LogP contribution in [0.3, 0.4) is 0 Å². The summed E-state index contributed by atoms with van der Waals surface area (Å²) < 4.78 is 1.72. The SMILES string of the molecule is CCC(O)c1cnn(Cc2c(Cl)cccc2Cl)c1. The third-order valence-electron chi connectivity index (χ3n) is 2.81. The maximum atomic E-state index is 9.71. The molecule has 0 saturated carbocycles. The average molecular weight is 285 g/mol. The van der Waals surface area contributed by atoms with Crippen molar-refractivity contribution < 1.29 is 5.11 Å². The van der Waals surface area contributed by atoms with Crippen molar-refractivity contribution in [1.29, 1.82) is 0 Å². The van der Waals surface area contributed by atoms with Crippen LogP contribution in [0.4, 0.5) is 0 Å². The van der Waals surface area contributed by atoms with Crippen LogP contribution >= 0.6 is 23.2 Å². The smallest absolute Gasteiger partial charge is 0.0817 e. The zero-order chi connectivity index (χ0) is 13.1. The molecular weight excluding hydrogens is 271 g/mol. The van der Waals surface area contributed by atoms with Gasteiger partial charge in [-0.1, -0.05) is 36.2 Å². The van der Waals surface area contributed by atoms with E-state index in [-0.39, 0.29) is 0 Å². The molecule has 1 aromatic carbocycles. The molecule has 2 rings (SSSR count). The van der Waals surface area contributed by atoms with Gasteiger partial charge in [0.05, 0.1) is 18.8 Å². The molecule has 0 bridgehead atoms. The van der Waals surface area contributed by atoms with Crippen molar-refractivity contribution in [3.8, 4) is 0 Å². The molecule has 1 N–H and O–H groups in total. The molecule has 0 aliphatic carbocycles. The second-order valence-corrected chi connectivity index (χ2v) is 4.91. The van der Waals surface area contributed by atoms with Crippen LogP contribution in [0, 0.1) is 0 Å². The molecule has 96 valence electrons. The van der Waals surface area contributed by atoms with Crippen LogP contribution in [0.15, 0.2) is 30.6 Å². The molecule has 3 nitrogen and oxygen atoms in total. The van der Waals surface area contributed by atoms with Gasteiger partial charge in [-0.15, -0.1) is 0 Å². The van der Waals surface area contributed by atoms with Crippen molar-refractivity contribution >= 4 is 23.2 Å². The largest absolute Gasteiger partial charge is 0.388 e. The van der Waals surface area contributed by atoms with E-state index in [0.717, 1.165) is 11.1 Å². The molecule has 5 heteroatoms. The van der Waals surface area contributed by atoms with E-state index in [1.54, 1.807) is 23.0 Å². The molecular formula is C13H14Cl2N2O. The van der Waals surface area contributed by atoms with Crippen LogP contribution in [0.2, 0.25) is 10.0 Å². The second-order valence-electron chi connectivity index (χ2n) is 4.10. The molecule has 18 heavy (non-hydrogen) atoms. The zero-order valence-corrected chi connectivity index (χ0v) is 11.5.